The Labute approximate surface area is 173 Å². The largest absolute Gasteiger partial charge is 0.379 e. The van der Waals surface area contributed by atoms with Gasteiger partial charge in [0, 0.05) is 37.6 Å². The van der Waals surface area contributed by atoms with E-state index in [2.05, 4.69) is 37.8 Å². The Morgan fingerprint density at radius 3 is 2.79 bits per heavy atom. The van der Waals surface area contributed by atoms with E-state index in [0.29, 0.717) is 30.8 Å². The quantitative estimate of drug-likeness (QED) is 0.728. The van der Waals surface area contributed by atoms with Crippen molar-refractivity contribution in [3.05, 3.63) is 21.4 Å². The highest BCUT2D eigenvalue weighted by atomic mass is 32.1. The zero-order valence-corrected chi connectivity index (χ0v) is 18.3. The van der Waals surface area contributed by atoms with E-state index in [-0.39, 0.29) is 5.91 Å². The maximum atomic E-state index is 13.2. The van der Waals surface area contributed by atoms with Crippen molar-refractivity contribution in [2.75, 3.05) is 45.9 Å². The van der Waals surface area contributed by atoms with E-state index < -0.39 is 0 Å². The number of carbonyl (C=O) groups excluding carboxylic acids is 1. The summed E-state index contributed by atoms with van der Waals surface area (Å²) in [5.41, 5.74) is 1.67. The van der Waals surface area contributed by atoms with Crippen molar-refractivity contribution in [3.63, 3.8) is 0 Å². The third-order valence-corrected chi connectivity index (χ3v) is 7.31. The van der Waals surface area contributed by atoms with E-state index >= 15 is 0 Å². The van der Waals surface area contributed by atoms with Crippen LogP contribution in [0.25, 0.3) is 0 Å². The minimum Gasteiger partial charge on any atom is -0.379 e. The number of hydrogen-bond acceptors (Lipinski definition) is 5. The van der Waals surface area contributed by atoms with Gasteiger partial charge in [-0.1, -0.05) is 20.8 Å². The van der Waals surface area contributed by atoms with Crippen LogP contribution in [0, 0.1) is 22.7 Å². The topological polar surface area (TPSA) is 56.6 Å². The molecule has 1 aromatic rings. The highest BCUT2D eigenvalue weighted by Crippen LogP contribution is 2.40. The molecule has 1 fully saturated rings. The number of ether oxygens (including phenoxy) is 1. The number of carbonyl (C=O) groups is 1. The van der Waals surface area contributed by atoms with E-state index in [1.165, 1.54) is 16.9 Å². The summed E-state index contributed by atoms with van der Waals surface area (Å²) in [5, 5.41) is 9.01. The van der Waals surface area contributed by atoms with Gasteiger partial charge in [-0.15, -0.1) is 11.3 Å². The molecular formula is C22H33N3O2S. The van der Waals surface area contributed by atoms with Gasteiger partial charge in [0.25, 0.3) is 5.91 Å². The predicted molar refractivity (Wildman–Crippen MR) is 113 cm³/mol. The molecule has 1 aliphatic heterocycles. The van der Waals surface area contributed by atoms with Gasteiger partial charge in [0.15, 0.2) is 0 Å². The van der Waals surface area contributed by atoms with Crippen LogP contribution in [0.15, 0.2) is 6.07 Å². The Morgan fingerprint density at radius 2 is 2.11 bits per heavy atom. The number of morpholine rings is 1. The first-order valence-corrected chi connectivity index (χ1v) is 11.3. The third kappa shape index (κ3) is 5.34. The molecule has 0 saturated carbocycles. The van der Waals surface area contributed by atoms with Gasteiger partial charge in [0.1, 0.15) is 0 Å². The number of fused-ring (bicyclic) bond motifs is 1. The molecule has 1 aliphatic carbocycles. The number of aryl methyl sites for hydroxylation is 1. The summed E-state index contributed by atoms with van der Waals surface area (Å²) in [6.07, 6.45) is 3.75. The van der Waals surface area contributed by atoms with Gasteiger partial charge in [0.05, 0.1) is 30.6 Å². The fraction of sp³-hybridized carbons (Fsp3) is 0.727. The second kappa shape index (κ2) is 9.39. The zero-order chi connectivity index (χ0) is 20.1. The molecule has 154 valence electrons. The Bertz CT molecular complexity index is 710. The molecule has 6 heteroatoms. The van der Waals surface area contributed by atoms with Crippen LogP contribution in [0.2, 0.25) is 0 Å². The van der Waals surface area contributed by atoms with E-state index in [4.69, 9.17) is 10.00 Å². The Kier molecular flexibility index (Phi) is 7.14. The molecule has 2 aliphatic rings. The highest BCUT2D eigenvalue weighted by Gasteiger charge is 2.31. The zero-order valence-electron chi connectivity index (χ0n) is 17.5. The fourth-order valence-corrected chi connectivity index (χ4v) is 5.29. The monoisotopic (exact) mass is 403 g/mol. The summed E-state index contributed by atoms with van der Waals surface area (Å²) < 4.78 is 5.40. The molecule has 1 amide bonds. The van der Waals surface area contributed by atoms with E-state index in [1.807, 2.05) is 4.90 Å². The number of thiophene rings is 1. The van der Waals surface area contributed by atoms with Crippen LogP contribution in [0.3, 0.4) is 0 Å². The SMILES string of the molecule is CC(C)(C)C1CCc2sc(C(=O)N(CCC#N)CCN3CCOCC3)cc2C1. The van der Waals surface area contributed by atoms with Gasteiger partial charge in [-0.05, 0) is 42.2 Å². The van der Waals surface area contributed by atoms with Crippen molar-refractivity contribution >= 4 is 17.2 Å². The van der Waals surface area contributed by atoms with Crippen molar-refractivity contribution in [2.45, 2.75) is 46.5 Å². The van der Waals surface area contributed by atoms with Crippen molar-refractivity contribution in [3.8, 4) is 6.07 Å². The summed E-state index contributed by atoms with van der Waals surface area (Å²) in [6, 6.07) is 4.32. The van der Waals surface area contributed by atoms with E-state index in [9.17, 15) is 4.79 Å². The van der Waals surface area contributed by atoms with Gasteiger partial charge in [-0.25, -0.2) is 0 Å². The second-order valence-corrected chi connectivity index (χ2v) is 10.2. The van der Waals surface area contributed by atoms with Crippen molar-refractivity contribution in [1.29, 1.82) is 5.26 Å². The lowest BCUT2D eigenvalue weighted by atomic mass is 9.72. The second-order valence-electron chi connectivity index (χ2n) is 9.02. The number of hydrogen-bond donors (Lipinski definition) is 0. The van der Waals surface area contributed by atoms with Crippen LogP contribution >= 0.6 is 11.3 Å². The summed E-state index contributed by atoms with van der Waals surface area (Å²) >= 11 is 1.67. The molecule has 0 aromatic carbocycles. The smallest absolute Gasteiger partial charge is 0.264 e. The summed E-state index contributed by atoms with van der Waals surface area (Å²) in [5.74, 6) is 0.767. The van der Waals surface area contributed by atoms with Crippen molar-refractivity contribution < 1.29 is 9.53 Å². The molecule has 3 rings (SSSR count). The molecule has 28 heavy (non-hydrogen) atoms. The van der Waals surface area contributed by atoms with Crippen molar-refractivity contribution in [1.82, 2.24) is 9.80 Å². The van der Waals surface area contributed by atoms with Gasteiger partial charge < -0.3 is 9.64 Å². The molecule has 5 nitrogen and oxygen atoms in total. The molecule has 2 heterocycles. The molecule has 0 radical (unpaired) electrons. The molecule has 1 saturated heterocycles. The average Bonchev–Trinajstić information content (AvgIpc) is 3.11. The Hall–Kier alpha value is -1.42. The number of rotatable bonds is 6. The summed E-state index contributed by atoms with van der Waals surface area (Å²) in [6.45, 7) is 12.3. The predicted octanol–water partition coefficient (Wildman–Crippen LogP) is 3.59. The molecule has 0 bridgehead atoms. The molecule has 0 N–H and O–H groups in total. The minimum absolute atomic E-state index is 0.0928. The third-order valence-electron chi connectivity index (χ3n) is 6.09. The van der Waals surface area contributed by atoms with Crippen LogP contribution in [-0.2, 0) is 17.6 Å². The molecule has 1 aromatic heterocycles. The van der Waals surface area contributed by atoms with E-state index in [0.717, 1.165) is 50.6 Å². The highest BCUT2D eigenvalue weighted by molar-refractivity contribution is 7.14. The number of nitriles is 1. The molecule has 0 spiro atoms. The molecule has 1 atom stereocenters. The van der Waals surface area contributed by atoms with Gasteiger partial charge in [-0.3, -0.25) is 9.69 Å². The lowest BCUT2D eigenvalue weighted by molar-refractivity contribution is 0.0327. The first-order chi connectivity index (χ1) is 13.4. The summed E-state index contributed by atoms with van der Waals surface area (Å²) in [4.78, 5) is 19.6. The van der Waals surface area contributed by atoms with Crippen molar-refractivity contribution in [2.24, 2.45) is 11.3 Å². The lowest BCUT2D eigenvalue weighted by Crippen LogP contribution is -2.43. The first kappa shape index (κ1) is 21.3. The van der Waals surface area contributed by atoms with E-state index in [1.54, 1.807) is 11.3 Å². The lowest BCUT2D eigenvalue weighted by Gasteiger charge is -2.33. The van der Waals surface area contributed by atoms with Gasteiger partial charge >= 0.3 is 0 Å². The van der Waals surface area contributed by atoms with Crippen LogP contribution in [0.5, 0.6) is 0 Å². The van der Waals surface area contributed by atoms with Crippen LogP contribution in [0.4, 0.5) is 0 Å². The van der Waals surface area contributed by atoms with Gasteiger partial charge in [-0.2, -0.15) is 5.26 Å². The summed E-state index contributed by atoms with van der Waals surface area (Å²) in [7, 11) is 0. The molecule has 1 unspecified atom stereocenters. The van der Waals surface area contributed by atoms with Crippen LogP contribution < -0.4 is 0 Å². The standard InChI is InChI=1S/C22H33N3O2S/c1-22(2,3)18-5-6-19-17(15-18)16-20(28-19)21(26)25(8-4-7-23)10-9-24-11-13-27-14-12-24/h16,18H,4-6,8-15H2,1-3H3. The Morgan fingerprint density at radius 1 is 1.36 bits per heavy atom. The molecular weight excluding hydrogens is 370 g/mol. The number of amides is 1. The normalized spacial score (nSPS) is 20.4. The Balaban J connectivity index is 1.67. The maximum absolute atomic E-state index is 13.2. The average molecular weight is 404 g/mol. The van der Waals surface area contributed by atoms with Gasteiger partial charge in [0.2, 0.25) is 0 Å². The van der Waals surface area contributed by atoms with Crippen LogP contribution in [0.1, 0.15) is 53.7 Å². The minimum atomic E-state index is 0.0928. The van der Waals surface area contributed by atoms with Crippen LogP contribution in [-0.4, -0.2) is 61.6 Å². The number of nitrogens with zero attached hydrogens (tertiary/aromatic N) is 3. The fourth-order valence-electron chi connectivity index (χ4n) is 4.11. The first-order valence-electron chi connectivity index (χ1n) is 10.5. The maximum Gasteiger partial charge on any atom is 0.264 e.